The number of fused-ring (bicyclic) bond motifs is 1. The zero-order chi connectivity index (χ0) is 23.0. The summed E-state index contributed by atoms with van der Waals surface area (Å²) in [6, 6.07) is 18.5. The number of carbonyl (C=O) groups excluding carboxylic acids is 1. The van der Waals surface area contributed by atoms with Gasteiger partial charge in [-0.1, -0.05) is 42.8 Å². The van der Waals surface area contributed by atoms with Crippen molar-refractivity contribution < 1.29 is 4.79 Å². The van der Waals surface area contributed by atoms with E-state index in [4.69, 9.17) is 0 Å². The molecule has 1 saturated heterocycles. The fraction of sp³-hybridized carbons (Fsp3) is 0.321. The van der Waals surface area contributed by atoms with Crippen molar-refractivity contribution >= 4 is 16.8 Å². The third kappa shape index (κ3) is 4.10. The number of carbonyl (C=O) groups is 1. The maximum absolute atomic E-state index is 13.3. The Balaban J connectivity index is 1.26. The number of nitrogens with zero attached hydrogens (tertiary/aromatic N) is 3. The van der Waals surface area contributed by atoms with Crippen LogP contribution in [0, 0.1) is 0 Å². The average Bonchev–Trinajstić information content (AvgIpc) is 3.54. The number of hydrogen-bond acceptors (Lipinski definition) is 4. The Morgan fingerprint density at radius 3 is 2.59 bits per heavy atom. The van der Waals surface area contributed by atoms with Crippen LogP contribution in [0.15, 0.2) is 67.0 Å². The first-order valence-electron chi connectivity index (χ1n) is 12.2. The molecule has 2 aromatic carbocycles. The van der Waals surface area contributed by atoms with E-state index in [9.17, 15) is 4.79 Å². The summed E-state index contributed by atoms with van der Waals surface area (Å²) in [4.78, 5) is 20.3. The lowest BCUT2D eigenvalue weighted by molar-refractivity contribution is 0.0927. The zero-order valence-corrected chi connectivity index (χ0v) is 19.3. The topological polar surface area (TPSA) is 73.9 Å². The predicted octanol–water partition coefficient (Wildman–Crippen LogP) is 5.03. The lowest BCUT2D eigenvalue weighted by Crippen LogP contribution is -2.35. The first-order valence-corrected chi connectivity index (χ1v) is 12.2. The van der Waals surface area contributed by atoms with Gasteiger partial charge in [0.05, 0.1) is 11.1 Å². The highest BCUT2D eigenvalue weighted by molar-refractivity contribution is 6.06. The van der Waals surface area contributed by atoms with Gasteiger partial charge in [-0.3, -0.25) is 19.8 Å². The molecule has 2 aromatic heterocycles. The number of H-pyrrole nitrogens is 1. The van der Waals surface area contributed by atoms with Crippen molar-refractivity contribution in [2.45, 2.75) is 44.2 Å². The molecule has 1 amide bonds. The third-order valence-corrected chi connectivity index (χ3v) is 7.19. The highest BCUT2D eigenvalue weighted by atomic mass is 16.2. The summed E-state index contributed by atoms with van der Waals surface area (Å²) in [5.74, 6) is -0.137. The normalized spacial score (nSPS) is 17.5. The van der Waals surface area contributed by atoms with Crippen molar-refractivity contribution in [3.8, 4) is 11.1 Å². The number of aromatic amines is 1. The summed E-state index contributed by atoms with van der Waals surface area (Å²) < 4.78 is 0. The van der Waals surface area contributed by atoms with Gasteiger partial charge >= 0.3 is 0 Å². The number of nitrogens with one attached hydrogen (secondary N) is 2. The first-order chi connectivity index (χ1) is 16.7. The number of pyridine rings is 1. The van der Waals surface area contributed by atoms with E-state index in [1.807, 2.05) is 36.7 Å². The fourth-order valence-corrected chi connectivity index (χ4v) is 5.12. The number of rotatable bonds is 6. The molecule has 3 heterocycles. The van der Waals surface area contributed by atoms with E-state index in [0.717, 1.165) is 60.1 Å². The lowest BCUT2D eigenvalue weighted by Gasteiger charge is -2.26. The monoisotopic (exact) mass is 451 g/mol. The van der Waals surface area contributed by atoms with E-state index >= 15 is 0 Å². The van der Waals surface area contributed by atoms with Crippen molar-refractivity contribution in [1.82, 2.24) is 25.4 Å². The van der Waals surface area contributed by atoms with E-state index in [-0.39, 0.29) is 11.4 Å². The second-order valence-corrected chi connectivity index (χ2v) is 9.65. The SMILES string of the molecule is O=C(NC1(c2ccccc2)CC1)c1n[nH]c2ccc(-c3cncc(CN4CCCCC4)c3)cc12. The molecule has 172 valence electrons. The summed E-state index contributed by atoms with van der Waals surface area (Å²) >= 11 is 0. The standard InChI is InChI=1S/C28H29N5O/c34-27(30-28(11-12-28)23-7-3-1-4-8-23)26-24-16-21(9-10-25(24)31-32-26)22-15-20(17-29-18-22)19-33-13-5-2-6-14-33/h1,3-4,7-10,15-18H,2,5-6,11-14,19H2,(H,30,34)(H,31,32). The predicted molar refractivity (Wildman–Crippen MR) is 133 cm³/mol. The van der Waals surface area contributed by atoms with Gasteiger partial charge in [-0.15, -0.1) is 0 Å². The Hall–Kier alpha value is -3.51. The molecule has 34 heavy (non-hydrogen) atoms. The van der Waals surface area contributed by atoms with Crippen molar-refractivity contribution in [3.63, 3.8) is 0 Å². The molecule has 2 N–H and O–H groups in total. The Bertz CT molecular complexity index is 1320. The van der Waals surface area contributed by atoms with Gasteiger partial charge in [0.1, 0.15) is 0 Å². The third-order valence-electron chi connectivity index (χ3n) is 7.19. The van der Waals surface area contributed by atoms with Gasteiger partial charge in [0, 0.05) is 29.9 Å². The summed E-state index contributed by atoms with van der Waals surface area (Å²) in [5, 5.41) is 11.5. The van der Waals surface area contributed by atoms with E-state index in [2.05, 4.69) is 55.7 Å². The smallest absolute Gasteiger partial charge is 0.273 e. The van der Waals surface area contributed by atoms with Gasteiger partial charge < -0.3 is 5.32 Å². The van der Waals surface area contributed by atoms with Gasteiger partial charge in [-0.2, -0.15) is 5.10 Å². The average molecular weight is 452 g/mol. The van der Waals surface area contributed by atoms with Crippen LogP contribution in [0.5, 0.6) is 0 Å². The van der Waals surface area contributed by atoms with Gasteiger partial charge in [0.15, 0.2) is 5.69 Å². The summed E-state index contributed by atoms with van der Waals surface area (Å²) in [6.07, 6.45) is 9.65. The molecule has 4 aromatic rings. The Morgan fingerprint density at radius 2 is 1.79 bits per heavy atom. The number of benzene rings is 2. The molecule has 6 nitrogen and oxygen atoms in total. The Kier molecular flexibility index (Phi) is 5.38. The molecule has 6 rings (SSSR count). The minimum absolute atomic E-state index is 0.137. The van der Waals surface area contributed by atoms with Crippen molar-refractivity contribution in [2.24, 2.45) is 0 Å². The lowest BCUT2D eigenvalue weighted by atomic mass is 10.0. The molecule has 1 saturated carbocycles. The number of hydrogen-bond donors (Lipinski definition) is 2. The van der Waals surface area contributed by atoms with Gasteiger partial charge in [0.2, 0.25) is 0 Å². The van der Waals surface area contributed by atoms with E-state index in [1.165, 1.54) is 24.8 Å². The first kappa shape index (κ1) is 21.1. The zero-order valence-electron chi connectivity index (χ0n) is 19.3. The number of piperidine rings is 1. The molecule has 0 radical (unpaired) electrons. The van der Waals surface area contributed by atoms with Gasteiger partial charge in [0.25, 0.3) is 5.91 Å². The van der Waals surface area contributed by atoms with Gasteiger partial charge in [-0.25, -0.2) is 0 Å². The van der Waals surface area contributed by atoms with E-state index in [1.54, 1.807) is 0 Å². The van der Waals surface area contributed by atoms with Crippen LogP contribution in [0.25, 0.3) is 22.0 Å². The van der Waals surface area contributed by atoms with Crippen LogP contribution in [0.3, 0.4) is 0 Å². The number of likely N-dealkylation sites (tertiary alicyclic amines) is 1. The highest BCUT2D eigenvalue weighted by Crippen LogP contribution is 2.45. The number of aromatic nitrogens is 3. The minimum Gasteiger partial charge on any atom is -0.341 e. The van der Waals surface area contributed by atoms with Crippen LogP contribution in [0.1, 0.15) is 53.7 Å². The molecule has 2 fully saturated rings. The summed E-state index contributed by atoms with van der Waals surface area (Å²) in [5.41, 5.74) is 5.51. The molecule has 6 heteroatoms. The maximum atomic E-state index is 13.3. The molecule has 0 atom stereocenters. The van der Waals surface area contributed by atoms with Crippen molar-refractivity contribution in [1.29, 1.82) is 0 Å². The molecule has 1 aliphatic heterocycles. The van der Waals surface area contributed by atoms with Crippen LogP contribution in [-0.4, -0.2) is 39.1 Å². The van der Waals surface area contributed by atoms with Crippen LogP contribution < -0.4 is 5.32 Å². The molecular formula is C28H29N5O. The molecule has 0 unspecified atom stereocenters. The fourth-order valence-electron chi connectivity index (χ4n) is 5.12. The second-order valence-electron chi connectivity index (χ2n) is 9.65. The van der Waals surface area contributed by atoms with Crippen LogP contribution in [-0.2, 0) is 12.1 Å². The Morgan fingerprint density at radius 1 is 0.971 bits per heavy atom. The van der Waals surface area contributed by atoms with Crippen molar-refractivity contribution in [2.75, 3.05) is 13.1 Å². The number of amides is 1. The largest absolute Gasteiger partial charge is 0.341 e. The minimum atomic E-state index is -0.270. The molecule has 1 aliphatic carbocycles. The van der Waals surface area contributed by atoms with Crippen LogP contribution in [0.4, 0.5) is 0 Å². The van der Waals surface area contributed by atoms with E-state index in [0.29, 0.717) is 5.69 Å². The molecule has 2 aliphatic rings. The summed E-state index contributed by atoms with van der Waals surface area (Å²) in [7, 11) is 0. The quantitative estimate of drug-likeness (QED) is 0.431. The van der Waals surface area contributed by atoms with Crippen LogP contribution in [0.2, 0.25) is 0 Å². The van der Waals surface area contributed by atoms with Crippen LogP contribution >= 0.6 is 0 Å². The van der Waals surface area contributed by atoms with Crippen molar-refractivity contribution in [3.05, 3.63) is 83.8 Å². The highest BCUT2D eigenvalue weighted by Gasteiger charge is 2.46. The maximum Gasteiger partial charge on any atom is 0.273 e. The summed E-state index contributed by atoms with van der Waals surface area (Å²) in [6.45, 7) is 3.26. The van der Waals surface area contributed by atoms with E-state index < -0.39 is 0 Å². The molecular weight excluding hydrogens is 422 g/mol. The molecule has 0 bridgehead atoms. The Labute approximate surface area is 199 Å². The second kappa shape index (κ2) is 8.69. The molecule has 0 spiro atoms. The van der Waals surface area contributed by atoms with Gasteiger partial charge in [-0.05, 0) is 73.7 Å².